The Bertz CT molecular complexity index is 3440. The summed E-state index contributed by atoms with van der Waals surface area (Å²) in [4.78, 5) is 23.8. The smallest absolute Gasteiger partial charge is 0.138 e. The average molecular weight is 995 g/mol. The molecule has 0 unspecified atom stereocenters. The van der Waals surface area contributed by atoms with Gasteiger partial charge in [-0.1, -0.05) is 200 Å². The van der Waals surface area contributed by atoms with Crippen LogP contribution in [-0.2, 0) is 0 Å². The molecular formula is C69H51N6P. The predicted molar refractivity (Wildman–Crippen MR) is 319 cm³/mol. The van der Waals surface area contributed by atoms with Crippen molar-refractivity contribution in [1.82, 2.24) is 15.0 Å². The Balaban J connectivity index is 1.04. The normalized spacial score (nSPS) is 11.0. The van der Waals surface area contributed by atoms with E-state index in [-0.39, 0.29) is 0 Å². The summed E-state index contributed by atoms with van der Waals surface area (Å²) in [6.45, 7) is 0. The van der Waals surface area contributed by atoms with E-state index in [1.165, 1.54) is 0 Å². The standard InChI is InChI=1S/C69H51N6P/c1-7-25-52(26-8-1)55-31-19-40-61(49-55)73(58-34-13-4-14-35-58)64-43-22-46-67(70-64)76(68-47-23-44-65(71-68)74(59-36-15-5-16-37-59)62-41-20-32-56(50-62)53-27-9-2-10-28-53)69-48-24-45-66(72-69)75(60-38-17-6-18-39-60)63-42-21-33-57(51-63)54-29-11-3-12-30-54/h1-51H. The molecule has 0 fully saturated rings. The predicted octanol–water partition coefficient (Wildman–Crippen LogP) is 17.0. The van der Waals surface area contributed by atoms with Crippen molar-refractivity contribution in [3.8, 4) is 33.4 Å². The van der Waals surface area contributed by atoms with E-state index in [1.54, 1.807) is 0 Å². The van der Waals surface area contributed by atoms with E-state index in [2.05, 4.69) is 324 Å². The Kier molecular flexibility index (Phi) is 13.8. The second-order valence-corrected chi connectivity index (χ2v) is 20.2. The van der Waals surface area contributed by atoms with E-state index in [4.69, 9.17) is 15.0 Å². The molecule has 362 valence electrons. The van der Waals surface area contributed by atoms with E-state index in [1.807, 2.05) is 0 Å². The molecule has 0 amide bonds. The molecule has 12 rings (SSSR count). The molecule has 0 saturated carbocycles. The molecular weight excluding hydrogens is 944 g/mol. The number of aromatic nitrogens is 3. The number of rotatable bonds is 15. The molecule has 9 aromatic carbocycles. The van der Waals surface area contributed by atoms with Gasteiger partial charge in [0.2, 0.25) is 0 Å². The summed E-state index contributed by atoms with van der Waals surface area (Å²) in [5.41, 5.74) is 15.3. The van der Waals surface area contributed by atoms with Gasteiger partial charge >= 0.3 is 0 Å². The maximum absolute atomic E-state index is 5.70. The Morgan fingerprint density at radius 1 is 0.197 bits per heavy atom. The number of para-hydroxylation sites is 3. The monoisotopic (exact) mass is 994 g/mol. The zero-order chi connectivity index (χ0) is 50.9. The number of hydrogen-bond acceptors (Lipinski definition) is 6. The SMILES string of the molecule is c1ccc(-c2cccc(N(c3ccccc3)c3cccc(P(c4cccc(N(c5ccccc5)c5cccc(-c6ccccc6)c5)n4)c4cccc(N(c5ccccc5)c5cccc(-c6ccccc6)c5)n4)n3)c2)cc1. The summed E-state index contributed by atoms with van der Waals surface area (Å²) >= 11 is 0. The van der Waals surface area contributed by atoms with E-state index in [9.17, 15) is 0 Å². The summed E-state index contributed by atoms with van der Waals surface area (Å²) in [5.74, 6) is 2.34. The van der Waals surface area contributed by atoms with Crippen LogP contribution in [0.1, 0.15) is 0 Å². The van der Waals surface area contributed by atoms with Crippen LogP contribution in [0.2, 0.25) is 0 Å². The lowest BCUT2D eigenvalue weighted by atomic mass is 10.0. The van der Waals surface area contributed by atoms with Crippen molar-refractivity contribution >= 4 is 75.8 Å². The van der Waals surface area contributed by atoms with Crippen LogP contribution in [-0.4, -0.2) is 15.0 Å². The van der Waals surface area contributed by atoms with Gasteiger partial charge in [0.05, 0.1) is 16.3 Å². The van der Waals surface area contributed by atoms with Gasteiger partial charge in [-0.3, -0.25) is 14.7 Å². The van der Waals surface area contributed by atoms with Gasteiger partial charge in [-0.15, -0.1) is 0 Å². The summed E-state index contributed by atoms with van der Waals surface area (Å²) in [7, 11) is -1.52. The maximum atomic E-state index is 5.70. The molecule has 76 heavy (non-hydrogen) atoms. The summed E-state index contributed by atoms with van der Waals surface area (Å²) < 4.78 is 0. The molecule has 3 aromatic heterocycles. The van der Waals surface area contributed by atoms with Crippen LogP contribution in [0.4, 0.5) is 51.6 Å². The van der Waals surface area contributed by atoms with E-state index in [0.717, 1.165) is 101 Å². The first kappa shape index (κ1) is 47.3. The van der Waals surface area contributed by atoms with Crippen LogP contribution >= 0.6 is 7.92 Å². The van der Waals surface area contributed by atoms with Gasteiger partial charge in [-0.25, -0.2) is 15.0 Å². The van der Waals surface area contributed by atoms with Crippen molar-refractivity contribution in [3.63, 3.8) is 0 Å². The third-order valence-electron chi connectivity index (χ3n) is 13.2. The van der Waals surface area contributed by atoms with Gasteiger partial charge < -0.3 is 0 Å². The summed E-state index contributed by atoms with van der Waals surface area (Å²) in [6, 6.07) is 108. The zero-order valence-corrected chi connectivity index (χ0v) is 42.5. The molecule has 0 spiro atoms. The molecule has 7 heteroatoms. The summed E-state index contributed by atoms with van der Waals surface area (Å²) in [6.07, 6.45) is 0. The highest BCUT2D eigenvalue weighted by atomic mass is 31.1. The molecule has 0 aliphatic rings. The third-order valence-corrected chi connectivity index (χ3v) is 15.3. The lowest BCUT2D eigenvalue weighted by Crippen LogP contribution is -2.29. The van der Waals surface area contributed by atoms with Crippen molar-refractivity contribution in [3.05, 3.63) is 309 Å². The van der Waals surface area contributed by atoms with Crippen LogP contribution in [0.15, 0.2) is 309 Å². The fraction of sp³-hybridized carbons (Fsp3) is 0. The van der Waals surface area contributed by atoms with Crippen LogP contribution < -0.4 is 31.0 Å². The number of hydrogen-bond donors (Lipinski definition) is 0. The molecule has 0 bridgehead atoms. The van der Waals surface area contributed by atoms with Gasteiger partial charge in [-0.05, 0) is 143 Å². The van der Waals surface area contributed by atoms with Crippen molar-refractivity contribution in [2.24, 2.45) is 0 Å². The minimum atomic E-state index is -1.52. The quantitative estimate of drug-likeness (QED) is 0.0954. The maximum Gasteiger partial charge on any atom is 0.138 e. The lowest BCUT2D eigenvalue weighted by molar-refractivity contribution is 1.19. The molecule has 0 radical (unpaired) electrons. The van der Waals surface area contributed by atoms with E-state index >= 15 is 0 Å². The highest BCUT2D eigenvalue weighted by Crippen LogP contribution is 2.41. The minimum Gasteiger partial charge on any atom is -0.295 e. The number of pyridine rings is 3. The number of benzene rings is 9. The van der Waals surface area contributed by atoms with Crippen molar-refractivity contribution < 1.29 is 0 Å². The van der Waals surface area contributed by atoms with E-state index in [0.29, 0.717) is 0 Å². The second kappa shape index (κ2) is 22.2. The second-order valence-electron chi connectivity index (χ2n) is 18.2. The van der Waals surface area contributed by atoms with Gasteiger partial charge in [-0.2, -0.15) is 0 Å². The molecule has 0 N–H and O–H groups in total. The van der Waals surface area contributed by atoms with E-state index < -0.39 is 7.92 Å². The van der Waals surface area contributed by atoms with Gasteiger partial charge in [0.1, 0.15) is 17.5 Å². The Morgan fingerprint density at radius 2 is 0.421 bits per heavy atom. The average Bonchev–Trinajstić information content (AvgIpc) is 3.50. The fourth-order valence-electron chi connectivity index (χ4n) is 9.67. The molecule has 3 heterocycles. The first-order chi connectivity index (χ1) is 37.7. The topological polar surface area (TPSA) is 48.4 Å². The van der Waals surface area contributed by atoms with Gasteiger partial charge in [0.25, 0.3) is 0 Å². The first-order valence-corrected chi connectivity index (χ1v) is 26.8. The fourth-order valence-corrected chi connectivity index (χ4v) is 11.7. The molecule has 0 aliphatic carbocycles. The highest BCUT2D eigenvalue weighted by molar-refractivity contribution is 7.79. The number of anilines is 9. The highest BCUT2D eigenvalue weighted by Gasteiger charge is 2.27. The molecule has 6 nitrogen and oxygen atoms in total. The zero-order valence-electron chi connectivity index (χ0n) is 41.6. The lowest BCUT2D eigenvalue weighted by Gasteiger charge is -2.28. The molecule has 0 atom stereocenters. The van der Waals surface area contributed by atoms with Gasteiger partial charge in [0, 0.05) is 42.0 Å². The Morgan fingerprint density at radius 3 is 0.697 bits per heavy atom. The van der Waals surface area contributed by atoms with Crippen LogP contribution in [0.3, 0.4) is 0 Å². The van der Waals surface area contributed by atoms with Crippen molar-refractivity contribution in [2.45, 2.75) is 0 Å². The van der Waals surface area contributed by atoms with Crippen LogP contribution in [0.5, 0.6) is 0 Å². The Labute approximate surface area is 445 Å². The van der Waals surface area contributed by atoms with Crippen molar-refractivity contribution in [2.75, 3.05) is 14.7 Å². The molecule has 12 aromatic rings. The number of nitrogens with zero attached hydrogens (tertiary/aromatic N) is 6. The largest absolute Gasteiger partial charge is 0.295 e. The van der Waals surface area contributed by atoms with Crippen molar-refractivity contribution in [1.29, 1.82) is 0 Å². The molecule has 0 aliphatic heterocycles. The summed E-state index contributed by atoms with van der Waals surface area (Å²) in [5, 5.41) is 0. The van der Waals surface area contributed by atoms with Crippen LogP contribution in [0, 0.1) is 0 Å². The van der Waals surface area contributed by atoms with Gasteiger partial charge in [0.15, 0.2) is 0 Å². The Hall–Kier alpha value is -9.74. The minimum absolute atomic E-state index is 0.779. The first-order valence-electron chi connectivity index (χ1n) is 25.4. The van der Waals surface area contributed by atoms with Crippen LogP contribution in [0.25, 0.3) is 33.4 Å². The third kappa shape index (κ3) is 10.3. The molecule has 0 saturated heterocycles.